The molecule has 0 radical (unpaired) electrons. The van der Waals surface area contributed by atoms with Gasteiger partial charge in [-0.05, 0) is 86.9 Å². The maximum Gasteiger partial charge on any atom is 0.309 e. The minimum absolute atomic E-state index is 0.0367. The van der Waals surface area contributed by atoms with E-state index in [1.807, 2.05) is 6.92 Å². The number of hydrogen-bond donors (Lipinski definition) is 0. The Morgan fingerprint density at radius 2 is 2.00 bits per heavy atom. The molecule has 0 unspecified atom stereocenters. The van der Waals surface area contributed by atoms with Gasteiger partial charge in [0.25, 0.3) is 0 Å². The number of esters is 1. The summed E-state index contributed by atoms with van der Waals surface area (Å²) in [6.45, 7) is 7.52. The van der Waals surface area contributed by atoms with Gasteiger partial charge in [0, 0.05) is 0 Å². The summed E-state index contributed by atoms with van der Waals surface area (Å²) in [5.41, 5.74) is 2.58. The average Bonchev–Trinajstić information content (AvgIpc) is 2.96. The van der Waals surface area contributed by atoms with Crippen molar-refractivity contribution in [1.82, 2.24) is 0 Å². The second kappa shape index (κ2) is 5.88. The Labute approximate surface area is 147 Å². The van der Waals surface area contributed by atoms with Crippen LogP contribution in [0.5, 0.6) is 0 Å². The SMILES string of the molecule is CCOC(=O)[C@H]1CC[C@@]2(C)C(=CC[C@H]3[C@@H]4CCC[C@@]4(C)CC[C@@H]32)C1. The van der Waals surface area contributed by atoms with E-state index < -0.39 is 0 Å². The Kier molecular flexibility index (Phi) is 4.09. The van der Waals surface area contributed by atoms with Crippen LogP contribution in [0.25, 0.3) is 0 Å². The molecule has 0 aromatic rings. The maximum atomic E-state index is 12.2. The summed E-state index contributed by atoms with van der Waals surface area (Å²) in [7, 11) is 0. The fourth-order valence-corrected chi connectivity index (χ4v) is 7.12. The van der Waals surface area contributed by atoms with E-state index in [0.717, 1.165) is 30.6 Å². The summed E-state index contributed by atoms with van der Waals surface area (Å²) >= 11 is 0. The van der Waals surface area contributed by atoms with Crippen molar-refractivity contribution < 1.29 is 9.53 Å². The van der Waals surface area contributed by atoms with E-state index in [2.05, 4.69) is 19.9 Å². The first-order chi connectivity index (χ1) is 11.5. The van der Waals surface area contributed by atoms with Gasteiger partial charge in [-0.25, -0.2) is 0 Å². The number of carbonyl (C=O) groups is 1. The van der Waals surface area contributed by atoms with E-state index in [4.69, 9.17) is 4.74 Å². The lowest BCUT2D eigenvalue weighted by Crippen LogP contribution is -2.49. The molecule has 0 aliphatic heterocycles. The lowest BCUT2D eigenvalue weighted by molar-refractivity contribution is -0.149. The van der Waals surface area contributed by atoms with Gasteiger partial charge in [-0.3, -0.25) is 4.79 Å². The van der Waals surface area contributed by atoms with Crippen molar-refractivity contribution in [3.63, 3.8) is 0 Å². The van der Waals surface area contributed by atoms with Crippen LogP contribution in [0.3, 0.4) is 0 Å². The minimum atomic E-state index is 0.0367. The van der Waals surface area contributed by atoms with Crippen molar-refractivity contribution in [2.24, 2.45) is 34.5 Å². The van der Waals surface area contributed by atoms with Crippen molar-refractivity contribution in [2.75, 3.05) is 6.61 Å². The van der Waals surface area contributed by atoms with Crippen LogP contribution in [0.2, 0.25) is 0 Å². The lowest BCUT2D eigenvalue weighted by Gasteiger charge is -2.57. The zero-order valence-corrected chi connectivity index (χ0v) is 15.8. The Morgan fingerprint density at radius 3 is 2.79 bits per heavy atom. The van der Waals surface area contributed by atoms with Crippen LogP contribution in [0, 0.1) is 34.5 Å². The Morgan fingerprint density at radius 1 is 1.17 bits per heavy atom. The minimum Gasteiger partial charge on any atom is -0.466 e. The Balaban J connectivity index is 1.57. The molecule has 0 amide bonds. The highest BCUT2D eigenvalue weighted by atomic mass is 16.5. The van der Waals surface area contributed by atoms with Gasteiger partial charge in [0.15, 0.2) is 0 Å². The van der Waals surface area contributed by atoms with Crippen molar-refractivity contribution in [3.8, 4) is 0 Å². The lowest BCUT2D eigenvalue weighted by atomic mass is 9.47. The second-order valence-corrected chi connectivity index (χ2v) is 9.54. The van der Waals surface area contributed by atoms with E-state index in [0.29, 0.717) is 17.4 Å². The number of allylic oxidation sites excluding steroid dienone is 2. The van der Waals surface area contributed by atoms with Gasteiger partial charge in [-0.15, -0.1) is 0 Å². The quantitative estimate of drug-likeness (QED) is 0.492. The van der Waals surface area contributed by atoms with Crippen LogP contribution < -0.4 is 0 Å². The topological polar surface area (TPSA) is 26.3 Å². The average molecular weight is 331 g/mol. The zero-order chi connectivity index (χ0) is 16.9. The molecule has 2 heteroatoms. The van der Waals surface area contributed by atoms with Crippen molar-refractivity contribution in [2.45, 2.75) is 78.6 Å². The van der Waals surface area contributed by atoms with Gasteiger partial charge >= 0.3 is 5.97 Å². The molecule has 0 bridgehead atoms. The van der Waals surface area contributed by atoms with E-state index in [1.54, 1.807) is 5.57 Å². The Hall–Kier alpha value is -0.790. The summed E-state index contributed by atoms with van der Waals surface area (Å²) in [6.07, 6.45) is 14.2. The van der Waals surface area contributed by atoms with Gasteiger partial charge < -0.3 is 4.74 Å². The van der Waals surface area contributed by atoms with E-state index >= 15 is 0 Å². The summed E-state index contributed by atoms with van der Waals surface area (Å²) in [6, 6.07) is 0. The number of hydrogen-bond acceptors (Lipinski definition) is 2. The largest absolute Gasteiger partial charge is 0.466 e. The third kappa shape index (κ3) is 2.39. The number of fused-ring (bicyclic) bond motifs is 5. The highest BCUT2D eigenvalue weighted by Gasteiger charge is 2.56. The third-order valence-electron chi connectivity index (χ3n) is 8.51. The first-order valence-electron chi connectivity index (χ1n) is 10.3. The van der Waals surface area contributed by atoms with Gasteiger partial charge in [0.1, 0.15) is 0 Å². The van der Waals surface area contributed by atoms with Gasteiger partial charge in [-0.1, -0.05) is 31.9 Å². The molecule has 0 aromatic heterocycles. The van der Waals surface area contributed by atoms with Gasteiger partial charge in [0.05, 0.1) is 12.5 Å². The third-order valence-corrected chi connectivity index (χ3v) is 8.51. The van der Waals surface area contributed by atoms with Crippen molar-refractivity contribution >= 4 is 5.97 Å². The number of rotatable bonds is 2. The van der Waals surface area contributed by atoms with Crippen molar-refractivity contribution in [1.29, 1.82) is 0 Å². The molecule has 0 aromatic carbocycles. The van der Waals surface area contributed by atoms with E-state index in [1.165, 1.54) is 44.9 Å². The highest BCUT2D eigenvalue weighted by molar-refractivity contribution is 5.73. The van der Waals surface area contributed by atoms with E-state index in [-0.39, 0.29) is 11.9 Å². The number of carbonyl (C=O) groups excluding carboxylic acids is 1. The molecular weight excluding hydrogens is 296 g/mol. The molecular formula is C22H34O2. The van der Waals surface area contributed by atoms with Gasteiger partial charge in [0.2, 0.25) is 0 Å². The predicted octanol–water partition coefficient (Wildman–Crippen LogP) is 5.52. The molecule has 2 nitrogen and oxygen atoms in total. The smallest absolute Gasteiger partial charge is 0.309 e. The molecule has 134 valence electrons. The monoisotopic (exact) mass is 330 g/mol. The molecule has 4 rings (SSSR count). The zero-order valence-electron chi connectivity index (χ0n) is 15.8. The molecule has 4 aliphatic carbocycles. The van der Waals surface area contributed by atoms with Crippen LogP contribution in [0.15, 0.2) is 11.6 Å². The fraction of sp³-hybridized carbons (Fsp3) is 0.864. The standard InChI is InChI=1S/C22H34O2/c1-4-24-20(23)15-9-13-22(3)16(14-15)7-8-17-18-6-5-11-21(18,2)12-10-19(17)22/h7,15,17-19H,4-6,8-14H2,1-3H3/t15-,17-,18-,19-,21-,22-/m0/s1. The fourth-order valence-electron chi connectivity index (χ4n) is 7.12. The first-order valence-corrected chi connectivity index (χ1v) is 10.3. The van der Waals surface area contributed by atoms with E-state index in [9.17, 15) is 4.79 Å². The van der Waals surface area contributed by atoms with Crippen LogP contribution in [0.1, 0.15) is 78.6 Å². The molecule has 3 fully saturated rings. The predicted molar refractivity (Wildman–Crippen MR) is 96.4 cm³/mol. The van der Waals surface area contributed by atoms with Crippen LogP contribution in [0.4, 0.5) is 0 Å². The molecule has 24 heavy (non-hydrogen) atoms. The molecule has 6 atom stereocenters. The van der Waals surface area contributed by atoms with Crippen LogP contribution >= 0.6 is 0 Å². The molecule has 0 N–H and O–H groups in total. The molecule has 0 saturated heterocycles. The second-order valence-electron chi connectivity index (χ2n) is 9.54. The molecule has 4 aliphatic rings. The summed E-state index contributed by atoms with van der Waals surface area (Å²) in [5.74, 6) is 2.86. The summed E-state index contributed by atoms with van der Waals surface area (Å²) in [5, 5.41) is 0. The Bertz CT molecular complexity index is 550. The van der Waals surface area contributed by atoms with Gasteiger partial charge in [-0.2, -0.15) is 0 Å². The summed E-state index contributed by atoms with van der Waals surface area (Å²) < 4.78 is 5.30. The molecule has 0 heterocycles. The molecule has 0 spiro atoms. The molecule has 3 saturated carbocycles. The number of ether oxygens (including phenoxy) is 1. The van der Waals surface area contributed by atoms with Crippen molar-refractivity contribution in [3.05, 3.63) is 11.6 Å². The normalized spacial score (nSPS) is 47.2. The highest BCUT2D eigenvalue weighted by Crippen LogP contribution is 2.65. The maximum absolute atomic E-state index is 12.2. The summed E-state index contributed by atoms with van der Waals surface area (Å²) in [4.78, 5) is 12.2. The van der Waals surface area contributed by atoms with Crippen LogP contribution in [-0.4, -0.2) is 12.6 Å². The van der Waals surface area contributed by atoms with Crippen LogP contribution in [-0.2, 0) is 9.53 Å². The first kappa shape index (κ1) is 16.7.